The van der Waals surface area contributed by atoms with Crippen LogP contribution in [0.25, 0.3) is 0 Å². The normalized spacial score (nSPS) is 10.2. The van der Waals surface area contributed by atoms with Gasteiger partial charge in [-0.3, -0.25) is 4.79 Å². The second-order valence-corrected chi connectivity index (χ2v) is 4.56. The molecule has 0 spiro atoms. The summed E-state index contributed by atoms with van der Waals surface area (Å²) >= 11 is 0. The number of Topliss-reactive ketones (excluding diaryl/α,β-unsaturated/α-hetero) is 1. The van der Waals surface area contributed by atoms with Gasteiger partial charge in [-0.05, 0) is 24.3 Å². The molecule has 98 valence electrons. The molecule has 0 unspecified atom stereocenters. The lowest BCUT2D eigenvalue weighted by Crippen LogP contribution is -2.21. The fourth-order valence-corrected chi connectivity index (χ4v) is 1.94. The molecule has 0 saturated carbocycles. The number of rotatable bonds is 5. The zero-order chi connectivity index (χ0) is 13.7. The number of anilines is 2. The van der Waals surface area contributed by atoms with Gasteiger partial charge in [-0.1, -0.05) is 30.3 Å². The van der Waals surface area contributed by atoms with Crippen LogP contribution < -0.4 is 10.6 Å². The van der Waals surface area contributed by atoms with Gasteiger partial charge in [-0.25, -0.2) is 0 Å². The van der Waals surface area contributed by atoms with Crippen molar-refractivity contribution in [3.8, 4) is 0 Å². The summed E-state index contributed by atoms with van der Waals surface area (Å²) in [5.41, 5.74) is 8.10. The van der Waals surface area contributed by atoms with Crippen LogP contribution >= 0.6 is 0 Å². The Hall–Kier alpha value is -2.29. The van der Waals surface area contributed by atoms with Crippen LogP contribution in [0.5, 0.6) is 0 Å². The van der Waals surface area contributed by atoms with Crippen LogP contribution in [-0.4, -0.2) is 19.4 Å². The van der Waals surface area contributed by atoms with E-state index in [1.54, 1.807) is 18.2 Å². The first-order chi connectivity index (χ1) is 9.16. The molecule has 0 aliphatic heterocycles. The van der Waals surface area contributed by atoms with Crippen molar-refractivity contribution >= 4 is 17.2 Å². The van der Waals surface area contributed by atoms with Crippen molar-refractivity contribution in [2.45, 2.75) is 6.42 Å². The number of ketones is 1. The van der Waals surface area contributed by atoms with E-state index in [0.717, 1.165) is 5.69 Å². The van der Waals surface area contributed by atoms with E-state index >= 15 is 0 Å². The third kappa shape index (κ3) is 3.58. The summed E-state index contributed by atoms with van der Waals surface area (Å²) in [7, 11) is 1.99. The number of benzene rings is 2. The Labute approximate surface area is 113 Å². The second-order valence-electron chi connectivity index (χ2n) is 4.56. The summed E-state index contributed by atoms with van der Waals surface area (Å²) in [5.74, 6) is 0.120. The molecule has 2 rings (SSSR count). The van der Waals surface area contributed by atoms with Gasteiger partial charge >= 0.3 is 0 Å². The summed E-state index contributed by atoms with van der Waals surface area (Å²) in [6, 6.07) is 17.2. The highest BCUT2D eigenvalue weighted by Gasteiger charge is 2.08. The molecule has 0 aliphatic carbocycles. The van der Waals surface area contributed by atoms with E-state index in [0.29, 0.717) is 24.2 Å². The molecule has 0 heterocycles. The van der Waals surface area contributed by atoms with Crippen LogP contribution in [0, 0.1) is 0 Å². The molecule has 3 nitrogen and oxygen atoms in total. The van der Waals surface area contributed by atoms with Gasteiger partial charge in [0, 0.05) is 37.0 Å². The molecule has 0 aliphatic rings. The van der Waals surface area contributed by atoms with Gasteiger partial charge in [0.15, 0.2) is 5.78 Å². The Morgan fingerprint density at radius 2 is 1.84 bits per heavy atom. The summed E-state index contributed by atoms with van der Waals surface area (Å²) in [4.78, 5) is 14.1. The molecule has 19 heavy (non-hydrogen) atoms. The highest BCUT2D eigenvalue weighted by molar-refractivity contribution is 5.97. The van der Waals surface area contributed by atoms with Gasteiger partial charge in [0.1, 0.15) is 0 Å². The van der Waals surface area contributed by atoms with E-state index in [9.17, 15) is 4.79 Å². The zero-order valence-electron chi connectivity index (χ0n) is 11.0. The van der Waals surface area contributed by atoms with Gasteiger partial charge in [0.05, 0.1) is 0 Å². The van der Waals surface area contributed by atoms with Crippen LogP contribution in [-0.2, 0) is 0 Å². The van der Waals surface area contributed by atoms with Crippen molar-refractivity contribution in [2.75, 3.05) is 24.2 Å². The number of nitrogens with two attached hydrogens (primary N) is 1. The molecule has 2 aromatic rings. The maximum Gasteiger partial charge on any atom is 0.164 e. The van der Waals surface area contributed by atoms with E-state index in [-0.39, 0.29) is 5.78 Å². The van der Waals surface area contributed by atoms with Gasteiger partial charge < -0.3 is 10.6 Å². The largest absolute Gasteiger partial charge is 0.399 e. The minimum absolute atomic E-state index is 0.120. The number of hydrogen-bond donors (Lipinski definition) is 1. The fourth-order valence-electron chi connectivity index (χ4n) is 1.94. The number of para-hydroxylation sites is 1. The van der Waals surface area contributed by atoms with E-state index in [1.807, 2.05) is 43.4 Å². The van der Waals surface area contributed by atoms with Crippen molar-refractivity contribution < 1.29 is 4.79 Å². The molecular weight excluding hydrogens is 236 g/mol. The van der Waals surface area contributed by atoms with Crippen molar-refractivity contribution in [1.82, 2.24) is 0 Å². The molecular formula is C16H18N2O. The lowest BCUT2D eigenvalue weighted by Gasteiger charge is -2.18. The first-order valence-corrected chi connectivity index (χ1v) is 6.32. The Kier molecular flexibility index (Phi) is 4.18. The molecule has 0 aromatic heterocycles. The molecule has 0 atom stereocenters. The Morgan fingerprint density at radius 1 is 1.11 bits per heavy atom. The lowest BCUT2D eigenvalue weighted by molar-refractivity contribution is 0.0985. The van der Waals surface area contributed by atoms with E-state index in [2.05, 4.69) is 4.90 Å². The highest BCUT2D eigenvalue weighted by Crippen LogP contribution is 2.13. The summed E-state index contributed by atoms with van der Waals surface area (Å²) < 4.78 is 0. The fraction of sp³-hybridized carbons (Fsp3) is 0.188. The summed E-state index contributed by atoms with van der Waals surface area (Å²) in [5, 5.41) is 0. The number of carbonyl (C=O) groups excluding carboxylic acids is 1. The van der Waals surface area contributed by atoms with Crippen LogP contribution in [0.2, 0.25) is 0 Å². The van der Waals surface area contributed by atoms with Crippen LogP contribution in [0.3, 0.4) is 0 Å². The smallest absolute Gasteiger partial charge is 0.164 e. The Morgan fingerprint density at radius 3 is 2.53 bits per heavy atom. The topological polar surface area (TPSA) is 46.3 Å². The van der Waals surface area contributed by atoms with Crippen LogP contribution in [0.4, 0.5) is 11.4 Å². The Balaban J connectivity index is 1.94. The van der Waals surface area contributed by atoms with E-state index < -0.39 is 0 Å². The number of nitrogens with zero attached hydrogens (tertiary/aromatic N) is 1. The predicted octanol–water partition coefficient (Wildman–Crippen LogP) is 2.98. The minimum atomic E-state index is 0.120. The van der Waals surface area contributed by atoms with Gasteiger partial charge in [0.25, 0.3) is 0 Å². The average molecular weight is 254 g/mol. The monoisotopic (exact) mass is 254 g/mol. The Bertz CT molecular complexity index is 552. The third-order valence-corrected chi connectivity index (χ3v) is 3.08. The average Bonchev–Trinajstić information content (AvgIpc) is 2.45. The van der Waals surface area contributed by atoms with Crippen molar-refractivity contribution in [1.29, 1.82) is 0 Å². The molecule has 3 heteroatoms. The van der Waals surface area contributed by atoms with Crippen molar-refractivity contribution in [3.05, 3.63) is 60.2 Å². The van der Waals surface area contributed by atoms with Crippen LogP contribution in [0.1, 0.15) is 16.8 Å². The van der Waals surface area contributed by atoms with Gasteiger partial charge in [0.2, 0.25) is 0 Å². The van der Waals surface area contributed by atoms with E-state index in [4.69, 9.17) is 5.73 Å². The van der Waals surface area contributed by atoms with Crippen molar-refractivity contribution in [2.24, 2.45) is 0 Å². The molecule has 0 amide bonds. The molecule has 0 bridgehead atoms. The van der Waals surface area contributed by atoms with Gasteiger partial charge in [-0.15, -0.1) is 0 Å². The summed E-state index contributed by atoms with van der Waals surface area (Å²) in [6.07, 6.45) is 0.481. The maximum atomic E-state index is 12.1. The number of nitrogen functional groups attached to an aromatic ring is 1. The van der Waals surface area contributed by atoms with Gasteiger partial charge in [-0.2, -0.15) is 0 Å². The molecule has 0 fully saturated rings. The standard InChI is InChI=1S/C16H18N2O/c1-18(15-8-3-2-4-9-15)11-10-16(19)13-6-5-7-14(17)12-13/h2-9,12H,10-11,17H2,1H3. The predicted molar refractivity (Wildman–Crippen MR) is 79.5 cm³/mol. The highest BCUT2D eigenvalue weighted by atomic mass is 16.1. The van der Waals surface area contributed by atoms with Crippen LogP contribution in [0.15, 0.2) is 54.6 Å². The molecule has 2 N–H and O–H groups in total. The SMILES string of the molecule is CN(CCC(=O)c1cccc(N)c1)c1ccccc1. The quantitative estimate of drug-likeness (QED) is 0.659. The molecule has 0 saturated heterocycles. The van der Waals surface area contributed by atoms with Crippen molar-refractivity contribution in [3.63, 3.8) is 0 Å². The summed E-state index contributed by atoms with van der Waals surface area (Å²) in [6.45, 7) is 0.692. The van der Waals surface area contributed by atoms with E-state index in [1.165, 1.54) is 0 Å². The molecule has 0 radical (unpaired) electrons. The molecule has 2 aromatic carbocycles. The minimum Gasteiger partial charge on any atom is -0.399 e. The number of hydrogen-bond acceptors (Lipinski definition) is 3. The first kappa shape index (κ1) is 13.1. The lowest BCUT2D eigenvalue weighted by atomic mass is 10.1. The zero-order valence-corrected chi connectivity index (χ0v) is 11.0. The third-order valence-electron chi connectivity index (χ3n) is 3.08. The first-order valence-electron chi connectivity index (χ1n) is 6.32. The second kappa shape index (κ2) is 6.05. The number of carbonyl (C=O) groups is 1. The maximum absolute atomic E-state index is 12.1.